The quantitative estimate of drug-likeness (QED) is 0.801. The Labute approximate surface area is 105 Å². The van der Waals surface area contributed by atoms with E-state index in [0.717, 1.165) is 12.8 Å². The summed E-state index contributed by atoms with van der Waals surface area (Å²) in [7, 11) is 0. The van der Waals surface area contributed by atoms with Crippen molar-refractivity contribution in [2.24, 2.45) is 0 Å². The zero-order valence-electron chi connectivity index (χ0n) is 9.40. The molecule has 0 aliphatic heterocycles. The lowest BCUT2D eigenvalue weighted by Gasteiger charge is -2.22. The summed E-state index contributed by atoms with van der Waals surface area (Å²) in [6.07, 6.45) is 1.98. The highest BCUT2D eigenvalue weighted by Gasteiger charge is 2.33. The lowest BCUT2D eigenvalue weighted by molar-refractivity contribution is 0.0708. The minimum absolute atomic E-state index is 0.0395. The number of hydrogen-bond donors (Lipinski definition) is 2. The number of carbonyl (C=O) groups is 1. The van der Waals surface area contributed by atoms with Crippen LogP contribution in [0.2, 0.25) is 5.02 Å². The molecule has 1 aliphatic rings. The molecule has 0 heterocycles. The molecule has 0 atom stereocenters. The molecule has 4 nitrogen and oxygen atoms in total. The molecule has 0 bridgehead atoms. The van der Waals surface area contributed by atoms with Crippen molar-refractivity contribution in [3.8, 4) is 0 Å². The van der Waals surface area contributed by atoms with Crippen molar-refractivity contribution >= 4 is 23.2 Å². The van der Waals surface area contributed by atoms with Gasteiger partial charge in [-0.15, -0.1) is 0 Å². The van der Waals surface area contributed by atoms with Gasteiger partial charge in [-0.25, -0.2) is 0 Å². The minimum Gasteiger partial charge on any atom is -0.399 e. The van der Waals surface area contributed by atoms with Gasteiger partial charge in [0, 0.05) is 18.3 Å². The average molecular weight is 255 g/mol. The molecule has 0 aromatic heterocycles. The Hall–Kier alpha value is -1.26. The highest BCUT2D eigenvalue weighted by molar-refractivity contribution is 6.34. The minimum atomic E-state index is -0.154. The van der Waals surface area contributed by atoms with Gasteiger partial charge in [-0.1, -0.05) is 11.6 Å². The SMILES string of the molecule is Nc1ccc(Cl)c(C(=O)N(CCO)C2CC2)c1. The fourth-order valence-corrected chi connectivity index (χ4v) is 2.00. The van der Waals surface area contributed by atoms with Crippen LogP contribution in [0.25, 0.3) is 0 Å². The van der Waals surface area contributed by atoms with Gasteiger partial charge in [0.25, 0.3) is 5.91 Å². The van der Waals surface area contributed by atoms with Crippen molar-refractivity contribution < 1.29 is 9.90 Å². The van der Waals surface area contributed by atoms with E-state index in [9.17, 15) is 4.79 Å². The number of nitrogen functional groups attached to an aromatic ring is 1. The number of rotatable bonds is 4. The van der Waals surface area contributed by atoms with Crippen LogP contribution in [-0.2, 0) is 0 Å². The second-order valence-electron chi connectivity index (χ2n) is 4.19. The lowest BCUT2D eigenvalue weighted by atomic mass is 10.1. The number of carbonyl (C=O) groups excluding carboxylic acids is 1. The number of aliphatic hydroxyl groups excluding tert-OH is 1. The van der Waals surface area contributed by atoms with E-state index in [1.165, 1.54) is 0 Å². The van der Waals surface area contributed by atoms with E-state index in [-0.39, 0.29) is 18.6 Å². The van der Waals surface area contributed by atoms with Crippen molar-refractivity contribution in [2.75, 3.05) is 18.9 Å². The van der Waals surface area contributed by atoms with Crippen LogP contribution in [0, 0.1) is 0 Å². The second-order valence-corrected chi connectivity index (χ2v) is 4.60. The van der Waals surface area contributed by atoms with Crippen LogP contribution in [0.15, 0.2) is 18.2 Å². The summed E-state index contributed by atoms with van der Waals surface area (Å²) < 4.78 is 0. The highest BCUT2D eigenvalue weighted by Crippen LogP contribution is 2.30. The fraction of sp³-hybridized carbons (Fsp3) is 0.417. The monoisotopic (exact) mass is 254 g/mol. The third kappa shape index (κ3) is 2.70. The molecule has 0 saturated heterocycles. The standard InChI is InChI=1S/C12H15ClN2O2/c13-11-4-1-8(14)7-10(11)12(17)15(5-6-16)9-2-3-9/h1,4,7,9,16H,2-3,5-6,14H2. The van der Waals surface area contributed by atoms with Gasteiger partial charge in [0.05, 0.1) is 17.2 Å². The number of benzene rings is 1. The largest absolute Gasteiger partial charge is 0.399 e. The van der Waals surface area contributed by atoms with E-state index < -0.39 is 0 Å². The van der Waals surface area contributed by atoms with Crippen molar-refractivity contribution in [1.29, 1.82) is 0 Å². The summed E-state index contributed by atoms with van der Waals surface area (Å²) in [5.74, 6) is -0.154. The zero-order valence-corrected chi connectivity index (χ0v) is 10.2. The number of amides is 1. The first-order chi connectivity index (χ1) is 8.13. The number of anilines is 1. The van der Waals surface area contributed by atoms with Crippen molar-refractivity contribution in [3.63, 3.8) is 0 Å². The predicted octanol–water partition coefficient (Wildman–Crippen LogP) is 1.52. The molecule has 17 heavy (non-hydrogen) atoms. The maximum atomic E-state index is 12.3. The third-order valence-electron chi connectivity index (χ3n) is 2.81. The maximum Gasteiger partial charge on any atom is 0.255 e. The number of nitrogens with zero attached hydrogens (tertiary/aromatic N) is 1. The first-order valence-corrected chi connectivity index (χ1v) is 5.98. The number of hydrogen-bond acceptors (Lipinski definition) is 3. The van der Waals surface area contributed by atoms with E-state index in [2.05, 4.69) is 0 Å². The van der Waals surface area contributed by atoms with E-state index in [4.69, 9.17) is 22.4 Å². The molecule has 0 radical (unpaired) electrons. The van der Waals surface area contributed by atoms with Gasteiger partial charge in [-0.05, 0) is 31.0 Å². The smallest absolute Gasteiger partial charge is 0.255 e. The first-order valence-electron chi connectivity index (χ1n) is 5.60. The van der Waals surface area contributed by atoms with Crippen molar-refractivity contribution in [1.82, 2.24) is 4.90 Å². The summed E-state index contributed by atoms with van der Waals surface area (Å²) in [4.78, 5) is 13.9. The molecule has 0 unspecified atom stereocenters. The van der Waals surface area contributed by atoms with Gasteiger partial charge >= 0.3 is 0 Å². The van der Waals surface area contributed by atoms with Gasteiger partial charge in [-0.2, -0.15) is 0 Å². The van der Waals surface area contributed by atoms with E-state index in [1.807, 2.05) is 0 Å². The molecule has 2 rings (SSSR count). The van der Waals surface area contributed by atoms with Gasteiger partial charge < -0.3 is 15.7 Å². The summed E-state index contributed by atoms with van der Waals surface area (Å²) in [5.41, 5.74) is 6.57. The van der Waals surface area contributed by atoms with E-state index in [0.29, 0.717) is 22.8 Å². The van der Waals surface area contributed by atoms with Crippen molar-refractivity contribution in [2.45, 2.75) is 18.9 Å². The van der Waals surface area contributed by atoms with Crippen LogP contribution < -0.4 is 5.73 Å². The van der Waals surface area contributed by atoms with Gasteiger partial charge in [0.1, 0.15) is 0 Å². The molecule has 1 aliphatic carbocycles. The molecule has 1 saturated carbocycles. The average Bonchev–Trinajstić information content (AvgIpc) is 3.12. The Kier molecular flexibility index (Phi) is 3.54. The van der Waals surface area contributed by atoms with Gasteiger partial charge in [0.15, 0.2) is 0 Å². The molecular formula is C12H15ClN2O2. The number of aliphatic hydroxyl groups is 1. The van der Waals surface area contributed by atoms with E-state index >= 15 is 0 Å². The number of halogens is 1. The second kappa shape index (κ2) is 4.94. The molecule has 3 N–H and O–H groups in total. The summed E-state index contributed by atoms with van der Waals surface area (Å²) in [6.45, 7) is 0.302. The van der Waals surface area contributed by atoms with Crippen LogP contribution in [0.1, 0.15) is 23.2 Å². The molecule has 92 valence electrons. The van der Waals surface area contributed by atoms with Gasteiger partial charge in [0.2, 0.25) is 0 Å². The molecule has 1 aromatic rings. The molecule has 0 spiro atoms. The molecule has 1 aromatic carbocycles. The van der Waals surface area contributed by atoms with E-state index in [1.54, 1.807) is 23.1 Å². The topological polar surface area (TPSA) is 66.6 Å². The Morgan fingerprint density at radius 1 is 1.53 bits per heavy atom. The maximum absolute atomic E-state index is 12.3. The predicted molar refractivity (Wildman–Crippen MR) is 67.0 cm³/mol. The van der Waals surface area contributed by atoms with Crippen molar-refractivity contribution in [3.05, 3.63) is 28.8 Å². The Morgan fingerprint density at radius 3 is 2.82 bits per heavy atom. The lowest BCUT2D eigenvalue weighted by Crippen LogP contribution is -2.35. The number of nitrogens with two attached hydrogens (primary N) is 1. The Bertz CT molecular complexity index is 433. The van der Waals surface area contributed by atoms with Crippen LogP contribution in [0.4, 0.5) is 5.69 Å². The molecule has 5 heteroatoms. The van der Waals surface area contributed by atoms with Crippen LogP contribution in [0.3, 0.4) is 0 Å². The molecule has 1 amide bonds. The highest BCUT2D eigenvalue weighted by atomic mass is 35.5. The Morgan fingerprint density at radius 2 is 2.24 bits per heavy atom. The summed E-state index contributed by atoms with van der Waals surface area (Å²) >= 11 is 5.99. The first kappa shape index (κ1) is 12.2. The molecule has 1 fully saturated rings. The summed E-state index contributed by atoms with van der Waals surface area (Å²) in [5, 5.41) is 9.38. The summed E-state index contributed by atoms with van der Waals surface area (Å²) in [6, 6.07) is 5.10. The third-order valence-corrected chi connectivity index (χ3v) is 3.14. The van der Waals surface area contributed by atoms with Crippen LogP contribution in [-0.4, -0.2) is 35.1 Å². The van der Waals surface area contributed by atoms with Gasteiger partial charge in [-0.3, -0.25) is 4.79 Å². The zero-order chi connectivity index (χ0) is 12.4. The Balaban J connectivity index is 2.24. The molecular weight excluding hydrogens is 240 g/mol. The van der Waals surface area contributed by atoms with Crippen LogP contribution >= 0.6 is 11.6 Å². The normalized spacial score (nSPS) is 14.7. The fourth-order valence-electron chi connectivity index (χ4n) is 1.81. The van der Waals surface area contributed by atoms with Crippen LogP contribution in [0.5, 0.6) is 0 Å².